The molecule has 1 N–H and O–H groups in total. The van der Waals surface area contributed by atoms with E-state index in [1.54, 1.807) is 32.9 Å². The molecule has 0 saturated heterocycles. The molecule has 2 aromatic rings. The number of rotatable bonds is 7. The van der Waals surface area contributed by atoms with Crippen LogP contribution in [0.1, 0.15) is 34.6 Å². The van der Waals surface area contributed by atoms with Crippen molar-refractivity contribution < 1.29 is 23.4 Å². The standard InChI is InChI=1S/C21H27FN2O4/c1-14(2)27-19-9-6-16-10-17(7-8-18(16)24-19)26-13-15(11-22)12-23-20(25)28-21(3,4)5/h6-11,14H,12-13H2,1-5H3,(H,23,25)/b15-11+. The lowest BCUT2D eigenvalue weighted by atomic mass is 10.2. The van der Waals surface area contributed by atoms with Crippen LogP contribution >= 0.6 is 0 Å². The Kier molecular flexibility index (Phi) is 7.20. The molecule has 0 fully saturated rings. The summed E-state index contributed by atoms with van der Waals surface area (Å²) in [6, 6.07) is 9.08. The zero-order valence-electron chi connectivity index (χ0n) is 16.9. The Morgan fingerprint density at radius 3 is 2.64 bits per heavy atom. The highest BCUT2D eigenvalue weighted by Gasteiger charge is 2.16. The number of aromatic nitrogens is 1. The number of hydrogen-bond acceptors (Lipinski definition) is 5. The average molecular weight is 390 g/mol. The number of fused-ring (bicyclic) bond motifs is 1. The van der Waals surface area contributed by atoms with Gasteiger partial charge < -0.3 is 19.5 Å². The van der Waals surface area contributed by atoms with Crippen molar-refractivity contribution in [3.8, 4) is 11.6 Å². The number of alkyl carbamates (subject to hydrolysis) is 1. The summed E-state index contributed by atoms with van der Waals surface area (Å²) < 4.78 is 29.4. The molecule has 0 spiro atoms. The third-order valence-electron chi connectivity index (χ3n) is 3.43. The maximum Gasteiger partial charge on any atom is 0.407 e. The highest BCUT2D eigenvalue weighted by molar-refractivity contribution is 5.80. The van der Waals surface area contributed by atoms with Crippen molar-refractivity contribution in [2.75, 3.05) is 13.2 Å². The minimum atomic E-state index is -0.612. The van der Waals surface area contributed by atoms with Gasteiger partial charge in [-0.05, 0) is 58.9 Å². The lowest BCUT2D eigenvalue weighted by Crippen LogP contribution is -2.34. The number of ether oxygens (including phenoxy) is 3. The van der Waals surface area contributed by atoms with E-state index in [9.17, 15) is 9.18 Å². The van der Waals surface area contributed by atoms with E-state index >= 15 is 0 Å². The Bertz CT molecular complexity index is 844. The Morgan fingerprint density at radius 2 is 2.00 bits per heavy atom. The van der Waals surface area contributed by atoms with Crippen LogP contribution < -0.4 is 14.8 Å². The van der Waals surface area contributed by atoms with E-state index < -0.39 is 11.7 Å². The minimum absolute atomic E-state index is 0.000221. The Balaban J connectivity index is 1.93. The molecule has 0 bridgehead atoms. The summed E-state index contributed by atoms with van der Waals surface area (Å²) in [5.41, 5.74) is 0.447. The molecule has 7 heteroatoms. The number of benzene rings is 1. The van der Waals surface area contributed by atoms with Gasteiger partial charge in [-0.2, -0.15) is 0 Å². The summed E-state index contributed by atoms with van der Waals surface area (Å²) in [5.74, 6) is 1.13. The first-order valence-electron chi connectivity index (χ1n) is 9.11. The summed E-state index contributed by atoms with van der Waals surface area (Å²) in [7, 11) is 0. The monoisotopic (exact) mass is 390 g/mol. The number of carbonyl (C=O) groups excluding carboxylic acids is 1. The molecule has 0 aliphatic carbocycles. The molecule has 0 atom stereocenters. The quantitative estimate of drug-likeness (QED) is 0.737. The molecule has 0 radical (unpaired) electrons. The molecule has 28 heavy (non-hydrogen) atoms. The number of nitrogens with one attached hydrogen (secondary N) is 1. The van der Waals surface area contributed by atoms with Gasteiger partial charge in [-0.3, -0.25) is 0 Å². The van der Waals surface area contributed by atoms with Crippen molar-refractivity contribution in [2.45, 2.75) is 46.3 Å². The highest BCUT2D eigenvalue weighted by atomic mass is 19.1. The predicted molar refractivity (Wildman–Crippen MR) is 106 cm³/mol. The largest absolute Gasteiger partial charge is 0.489 e. The fraction of sp³-hybridized carbons (Fsp3) is 0.429. The average Bonchev–Trinajstić information content (AvgIpc) is 2.59. The maximum atomic E-state index is 13.1. The van der Waals surface area contributed by atoms with Crippen LogP contribution in [-0.4, -0.2) is 35.9 Å². The molecule has 0 aliphatic rings. The van der Waals surface area contributed by atoms with E-state index in [0.29, 0.717) is 18.0 Å². The molecule has 0 aliphatic heterocycles. The first-order chi connectivity index (χ1) is 13.2. The van der Waals surface area contributed by atoms with Gasteiger partial charge >= 0.3 is 6.09 Å². The second kappa shape index (κ2) is 9.39. The lowest BCUT2D eigenvalue weighted by Gasteiger charge is -2.20. The van der Waals surface area contributed by atoms with Crippen LogP contribution in [0, 0.1) is 0 Å². The summed E-state index contributed by atoms with van der Waals surface area (Å²) >= 11 is 0. The predicted octanol–water partition coefficient (Wildman–Crippen LogP) is 4.78. The molecule has 0 unspecified atom stereocenters. The van der Waals surface area contributed by atoms with Crippen LogP contribution in [0.15, 0.2) is 42.2 Å². The molecule has 1 aromatic carbocycles. The molecule has 152 valence electrons. The van der Waals surface area contributed by atoms with E-state index in [4.69, 9.17) is 14.2 Å². The lowest BCUT2D eigenvalue weighted by molar-refractivity contribution is 0.0531. The zero-order chi connectivity index (χ0) is 20.7. The van der Waals surface area contributed by atoms with Gasteiger partial charge in [0.1, 0.15) is 18.0 Å². The zero-order valence-corrected chi connectivity index (χ0v) is 16.9. The number of pyridine rings is 1. The summed E-state index contributed by atoms with van der Waals surface area (Å²) in [4.78, 5) is 16.1. The van der Waals surface area contributed by atoms with Gasteiger partial charge in [-0.25, -0.2) is 14.2 Å². The van der Waals surface area contributed by atoms with Crippen LogP contribution in [0.5, 0.6) is 11.6 Å². The van der Waals surface area contributed by atoms with Crippen LogP contribution in [-0.2, 0) is 4.74 Å². The number of halogens is 1. The van der Waals surface area contributed by atoms with Crippen LogP contribution in [0.25, 0.3) is 10.9 Å². The van der Waals surface area contributed by atoms with Crippen molar-refractivity contribution in [3.05, 3.63) is 42.2 Å². The second-order valence-electron chi connectivity index (χ2n) is 7.58. The molecule has 1 amide bonds. The normalized spacial score (nSPS) is 12.2. The first-order valence-corrected chi connectivity index (χ1v) is 9.11. The Morgan fingerprint density at radius 1 is 1.25 bits per heavy atom. The fourth-order valence-electron chi connectivity index (χ4n) is 2.28. The van der Waals surface area contributed by atoms with Gasteiger partial charge in [0.2, 0.25) is 5.88 Å². The Hall–Kier alpha value is -2.83. The van der Waals surface area contributed by atoms with Gasteiger partial charge in [-0.1, -0.05) is 0 Å². The fourth-order valence-corrected chi connectivity index (χ4v) is 2.28. The van der Waals surface area contributed by atoms with Crippen LogP contribution in [0.2, 0.25) is 0 Å². The van der Waals surface area contributed by atoms with Crippen molar-refractivity contribution in [3.63, 3.8) is 0 Å². The molecular weight excluding hydrogens is 363 g/mol. The number of amides is 1. The smallest absolute Gasteiger partial charge is 0.407 e. The van der Waals surface area contributed by atoms with Crippen molar-refractivity contribution in [2.24, 2.45) is 0 Å². The molecular formula is C21H27FN2O4. The van der Waals surface area contributed by atoms with E-state index in [1.165, 1.54) is 0 Å². The summed E-state index contributed by atoms with van der Waals surface area (Å²) in [5, 5.41) is 3.39. The second-order valence-corrected chi connectivity index (χ2v) is 7.58. The van der Waals surface area contributed by atoms with Crippen molar-refractivity contribution in [1.82, 2.24) is 10.3 Å². The summed E-state index contributed by atoms with van der Waals surface area (Å²) in [6.07, 6.45) is -0.133. The van der Waals surface area contributed by atoms with Gasteiger partial charge in [0.25, 0.3) is 0 Å². The van der Waals surface area contributed by atoms with Gasteiger partial charge in [0.15, 0.2) is 0 Å². The highest BCUT2D eigenvalue weighted by Crippen LogP contribution is 2.23. The topological polar surface area (TPSA) is 69.7 Å². The third-order valence-corrected chi connectivity index (χ3v) is 3.43. The SMILES string of the molecule is CC(C)Oc1ccc2cc(OC/C(=C/F)CNC(=O)OC(C)(C)C)ccc2n1. The maximum absolute atomic E-state index is 13.1. The number of hydrogen-bond donors (Lipinski definition) is 1. The van der Waals surface area contributed by atoms with Gasteiger partial charge in [0.05, 0.1) is 18.0 Å². The van der Waals surface area contributed by atoms with Gasteiger partial charge in [0, 0.05) is 23.6 Å². The number of carbonyl (C=O) groups is 1. The van der Waals surface area contributed by atoms with Crippen molar-refractivity contribution >= 4 is 17.0 Å². The Labute approximate surface area is 164 Å². The van der Waals surface area contributed by atoms with E-state index in [-0.39, 0.29) is 24.8 Å². The molecule has 1 heterocycles. The van der Waals surface area contributed by atoms with E-state index in [0.717, 1.165) is 10.9 Å². The molecule has 2 rings (SSSR count). The van der Waals surface area contributed by atoms with E-state index in [1.807, 2.05) is 32.0 Å². The third kappa shape index (κ3) is 7.06. The van der Waals surface area contributed by atoms with Crippen LogP contribution in [0.3, 0.4) is 0 Å². The molecule has 0 saturated carbocycles. The summed E-state index contributed by atoms with van der Waals surface area (Å²) in [6.45, 7) is 9.15. The number of nitrogens with zero attached hydrogens (tertiary/aromatic N) is 1. The van der Waals surface area contributed by atoms with Crippen LogP contribution in [0.4, 0.5) is 9.18 Å². The van der Waals surface area contributed by atoms with Crippen molar-refractivity contribution in [1.29, 1.82) is 0 Å². The molecule has 6 nitrogen and oxygen atoms in total. The first kappa shape index (κ1) is 21.5. The minimum Gasteiger partial charge on any atom is -0.489 e. The van der Waals surface area contributed by atoms with Gasteiger partial charge in [-0.15, -0.1) is 0 Å². The van der Waals surface area contributed by atoms with E-state index in [2.05, 4.69) is 10.3 Å². The molecule has 1 aromatic heterocycles.